The summed E-state index contributed by atoms with van der Waals surface area (Å²) in [5.41, 5.74) is 8.16. The second kappa shape index (κ2) is 7.40. The molecule has 0 spiro atoms. The van der Waals surface area contributed by atoms with E-state index in [4.69, 9.17) is 17.3 Å². The molecule has 6 heteroatoms. The molecule has 1 aromatic carbocycles. The van der Waals surface area contributed by atoms with E-state index in [-0.39, 0.29) is 17.7 Å². The van der Waals surface area contributed by atoms with Crippen LogP contribution < -0.4 is 5.73 Å². The number of hydrogen-bond donors (Lipinski definition) is 1. The Hall–Kier alpha value is -2.14. The van der Waals surface area contributed by atoms with Crippen molar-refractivity contribution in [2.75, 3.05) is 13.1 Å². The van der Waals surface area contributed by atoms with E-state index in [9.17, 15) is 9.18 Å². The summed E-state index contributed by atoms with van der Waals surface area (Å²) in [6, 6.07) is 8.39. The lowest BCUT2D eigenvalue weighted by molar-refractivity contribution is 0.164. The van der Waals surface area contributed by atoms with Crippen LogP contribution in [0.5, 0.6) is 0 Å². The zero-order valence-corrected chi connectivity index (χ0v) is 14.8. The summed E-state index contributed by atoms with van der Waals surface area (Å²) >= 11 is 5.85. The molecule has 0 radical (unpaired) electrons. The van der Waals surface area contributed by atoms with Gasteiger partial charge in [-0.05, 0) is 61.1 Å². The minimum atomic E-state index is -0.410. The monoisotopic (exact) mass is 361 g/mol. The van der Waals surface area contributed by atoms with Crippen molar-refractivity contribution in [3.8, 4) is 0 Å². The molecule has 2 unspecified atom stereocenters. The smallest absolute Gasteiger partial charge is 0.314 e. The average molecular weight is 362 g/mol. The van der Waals surface area contributed by atoms with Crippen molar-refractivity contribution in [1.29, 1.82) is 0 Å². The van der Waals surface area contributed by atoms with E-state index in [1.165, 1.54) is 6.07 Å². The quantitative estimate of drug-likeness (QED) is 0.901. The van der Waals surface area contributed by atoms with Crippen molar-refractivity contribution in [3.63, 3.8) is 0 Å². The molecule has 132 valence electrons. The van der Waals surface area contributed by atoms with Gasteiger partial charge in [0, 0.05) is 35.9 Å². The van der Waals surface area contributed by atoms with E-state index in [2.05, 4.69) is 4.98 Å². The van der Waals surface area contributed by atoms with E-state index >= 15 is 0 Å². The lowest BCUT2D eigenvalue weighted by Gasteiger charge is -2.38. The van der Waals surface area contributed by atoms with Crippen LogP contribution in [0.4, 0.5) is 9.18 Å². The van der Waals surface area contributed by atoms with E-state index in [0.717, 1.165) is 17.7 Å². The number of nitrogens with zero attached hydrogens (tertiary/aromatic N) is 2. The average Bonchev–Trinajstić information content (AvgIpc) is 2.57. The van der Waals surface area contributed by atoms with Crippen molar-refractivity contribution >= 4 is 17.6 Å². The first kappa shape index (κ1) is 17.7. The molecule has 25 heavy (non-hydrogen) atoms. The van der Waals surface area contributed by atoms with E-state index < -0.39 is 6.03 Å². The normalized spacial score (nSPS) is 20.5. The van der Waals surface area contributed by atoms with Gasteiger partial charge < -0.3 is 10.6 Å². The minimum absolute atomic E-state index is 0.0954. The van der Waals surface area contributed by atoms with Crippen LogP contribution in [0.15, 0.2) is 36.5 Å². The van der Waals surface area contributed by atoms with Crippen LogP contribution in [0.1, 0.15) is 29.2 Å². The van der Waals surface area contributed by atoms with E-state index in [1.54, 1.807) is 23.2 Å². The number of carbonyl (C=O) groups excluding carboxylic acids is 1. The fourth-order valence-electron chi connectivity index (χ4n) is 3.59. The van der Waals surface area contributed by atoms with Gasteiger partial charge in [0.2, 0.25) is 0 Å². The number of aromatic nitrogens is 1. The van der Waals surface area contributed by atoms with Crippen LogP contribution in [-0.2, 0) is 6.42 Å². The third kappa shape index (κ3) is 4.10. The number of pyridine rings is 1. The second-order valence-electron chi connectivity index (χ2n) is 6.61. The number of amides is 2. The summed E-state index contributed by atoms with van der Waals surface area (Å²) in [7, 11) is 0. The molecule has 2 heterocycles. The zero-order chi connectivity index (χ0) is 18.0. The molecule has 1 saturated heterocycles. The van der Waals surface area contributed by atoms with Gasteiger partial charge >= 0.3 is 6.03 Å². The van der Waals surface area contributed by atoms with Gasteiger partial charge in [-0.3, -0.25) is 4.98 Å². The first-order valence-electron chi connectivity index (χ1n) is 8.35. The van der Waals surface area contributed by atoms with Crippen molar-refractivity contribution in [3.05, 3.63) is 64.2 Å². The van der Waals surface area contributed by atoms with Gasteiger partial charge in [0.05, 0.1) is 0 Å². The molecule has 1 aliphatic heterocycles. The topological polar surface area (TPSA) is 59.2 Å². The Morgan fingerprint density at radius 2 is 2.20 bits per heavy atom. The molecule has 1 fully saturated rings. The number of urea groups is 1. The molecule has 4 nitrogen and oxygen atoms in total. The number of hydrogen-bond acceptors (Lipinski definition) is 2. The highest BCUT2D eigenvalue weighted by Crippen LogP contribution is 2.35. The highest BCUT2D eigenvalue weighted by Gasteiger charge is 2.32. The first-order valence-corrected chi connectivity index (χ1v) is 8.72. The molecule has 0 bridgehead atoms. The number of likely N-dealkylation sites (tertiary alicyclic amines) is 1. The largest absolute Gasteiger partial charge is 0.351 e. The van der Waals surface area contributed by atoms with Gasteiger partial charge in [-0.25, -0.2) is 9.18 Å². The fourth-order valence-corrected chi connectivity index (χ4v) is 3.75. The lowest BCUT2D eigenvalue weighted by atomic mass is 9.77. The van der Waals surface area contributed by atoms with Crippen molar-refractivity contribution in [2.24, 2.45) is 11.7 Å². The highest BCUT2D eigenvalue weighted by atomic mass is 35.5. The number of primary amides is 1. The summed E-state index contributed by atoms with van der Waals surface area (Å²) in [4.78, 5) is 17.5. The maximum atomic E-state index is 14.2. The number of nitrogens with two attached hydrogens (primary N) is 1. The molecule has 0 saturated carbocycles. The minimum Gasteiger partial charge on any atom is -0.351 e. The van der Waals surface area contributed by atoms with Crippen molar-refractivity contribution < 1.29 is 9.18 Å². The summed E-state index contributed by atoms with van der Waals surface area (Å²) in [5, 5.41) is 0.395. The molecule has 1 aliphatic rings. The summed E-state index contributed by atoms with van der Waals surface area (Å²) < 4.78 is 14.2. The SMILES string of the molecule is Cc1cc(C2CN(C(N)=O)CCC2Cc2ccc(Cl)cc2F)ccn1. The van der Waals surface area contributed by atoms with Gasteiger partial charge in [0.15, 0.2) is 0 Å². The standard InChI is InChI=1S/C19H21ClFN3O/c1-12-8-13(4-6-23-12)17-11-24(19(22)25)7-5-14(17)9-15-2-3-16(20)10-18(15)21/h2-4,6,8,10,14,17H,5,7,9,11H2,1H3,(H2,22,25). The Morgan fingerprint density at radius 1 is 1.40 bits per heavy atom. The lowest BCUT2D eigenvalue weighted by Crippen LogP contribution is -2.45. The number of halogens is 2. The van der Waals surface area contributed by atoms with Crippen LogP contribution in [0.2, 0.25) is 5.02 Å². The summed E-state index contributed by atoms with van der Waals surface area (Å²) in [6.07, 6.45) is 3.15. The van der Waals surface area contributed by atoms with Gasteiger partial charge in [0.1, 0.15) is 5.82 Å². The Kier molecular flexibility index (Phi) is 5.23. The zero-order valence-electron chi connectivity index (χ0n) is 14.1. The van der Waals surface area contributed by atoms with Crippen LogP contribution in [-0.4, -0.2) is 29.0 Å². The predicted molar refractivity (Wildman–Crippen MR) is 96.1 cm³/mol. The molecule has 0 aliphatic carbocycles. The van der Waals surface area contributed by atoms with Crippen LogP contribution >= 0.6 is 11.6 Å². The Labute approximate surface area is 151 Å². The van der Waals surface area contributed by atoms with Gasteiger partial charge in [-0.15, -0.1) is 0 Å². The third-order valence-corrected chi connectivity index (χ3v) is 5.15. The van der Waals surface area contributed by atoms with E-state index in [0.29, 0.717) is 30.1 Å². The number of aryl methyl sites for hydroxylation is 1. The molecule has 1 aromatic heterocycles. The number of carbonyl (C=O) groups is 1. The van der Waals surface area contributed by atoms with E-state index in [1.807, 2.05) is 19.1 Å². The molecular weight excluding hydrogens is 341 g/mol. The van der Waals surface area contributed by atoms with Crippen LogP contribution in [0.3, 0.4) is 0 Å². The molecule has 2 atom stereocenters. The molecule has 2 N–H and O–H groups in total. The Morgan fingerprint density at radius 3 is 2.88 bits per heavy atom. The van der Waals surface area contributed by atoms with Crippen LogP contribution in [0.25, 0.3) is 0 Å². The molecule has 2 aromatic rings. The number of rotatable bonds is 3. The molecule has 3 rings (SSSR count). The summed E-state index contributed by atoms with van der Waals surface area (Å²) in [5.74, 6) is 0.0283. The number of benzene rings is 1. The summed E-state index contributed by atoms with van der Waals surface area (Å²) in [6.45, 7) is 3.07. The van der Waals surface area contributed by atoms with Gasteiger partial charge in [0.25, 0.3) is 0 Å². The van der Waals surface area contributed by atoms with Crippen molar-refractivity contribution in [2.45, 2.75) is 25.7 Å². The Bertz CT molecular complexity index is 783. The third-order valence-electron chi connectivity index (χ3n) is 4.91. The fraction of sp³-hybridized carbons (Fsp3) is 0.368. The maximum Gasteiger partial charge on any atom is 0.314 e. The van der Waals surface area contributed by atoms with Crippen molar-refractivity contribution in [1.82, 2.24) is 9.88 Å². The predicted octanol–water partition coefficient (Wildman–Crippen LogP) is 3.91. The molecule has 2 amide bonds. The molecular formula is C19H21ClFN3O. The first-order chi connectivity index (χ1) is 11.9. The number of piperidine rings is 1. The maximum absolute atomic E-state index is 14.2. The Balaban J connectivity index is 1.88. The second-order valence-corrected chi connectivity index (χ2v) is 7.05. The highest BCUT2D eigenvalue weighted by molar-refractivity contribution is 6.30. The van der Waals surface area contributed by atoms with Gasteiger partial charge in [-0.1, -0.05) is 17.7 Å². The van der Waals surface area contributed by atoms with Gasteiger partial charge in [-0.2, -0.15) is 0 Å². The van der Waals surface area contributed by atoms with Crippen LogP contribution in [0, 0.1) is 18.7 Å².